The van der Waals surface area contributed by atoms with Crippen molar-refractivity contribution in [2.24, 2.45) is 0 Å². The van der Waals surface area contributed by atoms with Crippen LogP contribution in [-0.2, 0) is 10.9 Å². The summed E-state index contributed by atoms with van der Waals surface area (Å²) in [6.07, 6.45) is -0.295. The van der Waals surface area contributed by atoms with Gasteiger partial charge in [0.05, 0.1) is 36.8 Å². The molecule has 2 amide bonds. The minimum Gasteiger partial charge on any atom is -0.378 e. The van der Waals surface area contributed by atoms with Crippen LogP contribution in [0.3, 0.4) is 0 Å². The number of alkyl halides is 3. The predicted molar refractivity (Wildman–Crippen MR) is 125 cm³/mol. The van der Waals surface area contributed by atoms with Crippen molar-refractivity contribution >= 4 is 6.03 Å². The van der Waals surface area contributed by atoms with E-state index in [4.69, 9.17) is 4.74 Å². The lowest BCUT2D eigenvalue weighted by Crippen LogP contribution is -2.52. The molecule has 190 valence electrons. The number of imidazole rings is 1. The third kappa shape index (κ3) is 5.23. The Kier molecular flexibility index (Phi) is 6.70. The zero-order valence-electron chi connectivity index (χ0n) is 19.5. The zero-order chi connectivity index (χ0) is 25.3. The summed E-state index contributed by atoms with van der Waals surface area (Å²) in [7, 11) is 0. The number of nitrogens with zero attached hydrogens (tertiary/aromatic N) is 4. The first-order valence-electron chi connectivity index (χ1n) is 11.9. The first kappa shape index (κ1) is 24.3. The minimum atomic E-state index is -4.41. The maximum atomic E-state index is 13.7. The van der Waals surface area contributed by atoms with Gasteiger partial charge in [0.25, 0.3) is 0 Å². The predicted octanol–water partition coefficient (Wildman–Crippen LogP) is 5.19. The van der Waals surface area contributed by atoms with Crippen molar-refractivity contribution < 1.29 is 27.1 Å². The van der Waals surface area contributed by atoms with E-state index in [2.05, 4.69) is 4.98 Å². The van der Waals surface area contributed by atoms with Crippen molar-refractivity contribution in [3.8, 4) is 11.3 Å². The molecule has 2 saturated heterocycles. The van der Waals surface area contributed by atoms with E-state index in [9.17, 15) is 22.4 Å². The highest BCUT2D eigenvalue weighted by Gasteiger charge is 2.35. The summed E-state index contributed by atoms with van der Waals surface area (Å²) >= 11 is 0. The molecule has 3 aromatic rings. The first-order chi connectivity index (χ1) is 17.3. The maximum Gasteiger partial charge on any atom is 0.416 e. The average Bonchev–Trinajstić information content (AvgIpc) is 3.39. The molecule has 2 aliphatic rings. The summed E-state index contributed by atoms with van der Waals surface area (Å²) in [5, 5.41) is 0. The lowest BCUT2D eigenvalue weighted by atomic mass is 9.87. The van der Waals surface area contributed by atoms with Crippen LogP contribution in [0.5, 0.6) is 0 Å². The fourth-order valence-electron chi connectivity index (χ4n) is 4.92. The SMILES string of the molecule is O=C(N1CCOCC1)N1CC(c2ccc(C(F)(F)F)cc2)CC(n2cnc(-c3cccc(F)c3)c2)C1. The van der Waals surface area contributed by atoms with Gasteiger partial charge in [0.2, 0.25) is 0 Å². The van der Waals surface area contributed by atoms with E-state index in [0.717, 1.165) is 17.7 Å². The molecule has 36 heavy (non-hydrogen) atoms. The van der Waals surface area contributed by atoms with E-state index in [-0.39, 0.29) is 23.8 Å². The number of piperidine rings is 1. The number of likely N-dealkylation sites (tertiary alicyclic amines) is 1. The lowest BCUT2D eigenvalue weighted by molar-refractivity contribution is -0.137. The molecule has 5 rings (SSSR count). The number of urea groups is 1. The fourth-order valence-corrected chi connectivity index (χ4v) is 4.92. The van der Waals surface area contributed by atoms with Crippen LogP contribution in [0.4, 0.5) is 22.4 Å². The Hall–Kier alpha value is -3.40. The average molecular weight is 503 g/mol. The quantitative estimate of drug-likeness (QED) is 0.463. The molecular weight excluding hydrogens is 476 g/mol. The van der Waals surface area contributed by atoms with Gasteiger partial charge in [0.1, 0.15) is 5.82 Å². The van der Waals surface area contributed by atoms with E-state index >= 15 is 0 Å². The summed E-state index contributed by atoms with van der Waals surface area (Å²) in [4.78, 5) is 21.3. The minimum absolute atomic E-state index is 0.106. The van der Waals surface area contributed by atoms with Crippen LogP contribution in [0.25, 0.3) is 11.3 Å². The molecule has 3 heterocycles. The number of hydrogen-bond donors (Lipinski definition) is 0. The summed E-state index contributed by atoms with van der Waals surface area (Å²) < 4.78 is 60.2. The lowest BCUT2D eigenvalue weighted by Gasteiger charge is -2.41. The van der Waals surface area contributed by atoms with Crippen LogP contribution in [0.15, 0.2) is 61.1 Å². The molecule has 0 radical (unpaired) electrons. The van der Waals surface area contributed by atoms with Crippen LogP contribution in [-0.4, -0.2) is 64.8 Å². The van der Waals surface area contributed by atoms with Gasteiger partial charge >= 0.3 is 12.2 Å². The standard InChI is InChI=1S/C26H26F4N4O2/c27-22-3-1-2-19(12-22)24-16-34(17-31-24)23-13-20(18-4-6-21(7-5-18)26(28,29)30)14-33(15-23)25(35)32-8-10-36-11-9-32/h1-7,12,16-17,20,23H,8-11,13-15H2. The number of benzene rings is 2. The van der Waals surface area contributed by atoms with Gasteiger partial charge in [-0.3, -0.25) is 0 Å². The smallest absolute Gasteiger partial charge is 0.378 e. The van der Waals surface area contributed by atoms with E-state index < -0.39 is 11.7 Å². The van der Waals surface area contributed by atoms with E-state index in [1.54, 1.807) is 28.3 Å². The van der Waals surface area contributed by atoms with Crippen LogP contribution in [0.2, 0.25) is 0 Å². The molecular formula is C26H26F4N4O2. The Morgan fingerprint density at radius 2 is 1.75 bits per heavy atom. The van der Waals surface area contributed by atoms with Gasteiger partial charge in [-0.15, -0.1) is 0 Å². The van der Waals surface area contributed by atoms with Gasteiger partial charge in [0, 0.05) is 43.9 Å². The molecule has 0 spiro atoms. The molecule has 0 saturated carbocycles. The van der Waals surface area contributed by atoms with Crippen LogP contribution >= 0.6 is 0 Å². The molecule has 2 atom stereocenters. The van der Waals surface area contributed by atoms with Crippen LogP contribution in [0, 0.1) is 5.82 Å². The number of rotatable bonds is 3. The third-order valence-electron chi connectivity index (χ3n) is 6.83. The second-order valence-electron chi connectivity index (χ2n) is 9.21. The number of amides is 2. The Balaban J connectivity index is 1.42. The third-order valence-corrected chi connectivity index (χ3v) is 6.83. The van der Waals surface area contributed by atoms with Crippen molar-refractivity contribution in [1.29, 1.82) is 0 Å². The maximum absolute atomic E-state index is 13.7. The topological polar surface area (TPSA) is 50.6 Å². The second kappa shape index (κ2) is 9.93. The number of halogens is 4. The molecule has 2 aromatic carbocycles. The molecule has 0 bridgehead atoms. The summed E-state index contributed by atoms with van der Waals surface area (Å²) in [5.74, 6) is -0.514. The van der Waals surface area contributed by atoms with Gasteiger partial charge in [0.15, 0.2) is 0 Å². The number of carbonyl (C=O) groups is 1. The van der Waals surface area contributed by atoms with Crippen LogP contribution < -0.4 is 0 Å². The highest BCUT2D eigenvalue weighted by Crippen LogP contribution is 2.36. The van der Waals surface area contributed by atoms with Crippen molar-refractivity contribution in [3.05, 3.63) is 78.0 Å². The molecule has 0 aliphatic carbocycles. The van der Waals surface area contributed by atoms with E-state index in [1.165, 1.54) is 24.3 Å². The number of ether oxygens (including phenoxy) is 1. The molecule has 10 heteroatoms. The number of hydrogen-bond acceptors (Lipinski definition) is 3. The monoisotopic (exact) mass is 502 g/mol. The highest BCUT2D eigenvalue weighted by atomic mass is 19.4. The van der Waals surface area contributed by atoms with Crippen molar-refractivity contribution in [2.75, 3.05) is 39.4 Å². The van der Waals surface area contributed by atoms with Crippen LogP contribution in [0.1, 0.15) is 29.5 Å². The number of aromatic nitrogens is 2. The molecule has 2 fully saturated rings. The van der Waals surface area contributed by atoms with E-state index in [1.807, 2.05) is 10.8 Å². The van der Waals surface area contributed by atoms with Crippen molar-refractivity contribution in [1.82, 2.24) is 19.4 Å². The molecule has 2 unspecified atom stereocenters. The molecule has 0 N–H and O–H groups in total. The Labute approximate surface area is 206 Å². The summed E-state index contributed by atoms with van der Waals surface area (Å²) in [6.45, 7) is 2.79. The van der Waals surface area contributed by atoms with Gasteiger partial charge in [-0.1, -0.05) is 24.3 Å². The Bertz CT molecular complexity index is 1210. The van der Waals surface area contributed by atoms with Gasteiger partial charge in [-0.25, -0.2) is 14.2 Å². The molecule has 6 nitrogen and oxygen atoms in total. The van der Waals surface area contributed by atoms with Crippen molar-refractivity contribution in [2.45, 2.75) is 24.6 Å². The Morgan fingerprint density at radius 3 is 2.44 bits per heavy atom. The summed E-state index contributed by atoms with van der Waals surface area (Å²) in [5.41, 5.74) is 1.30. The van der Waals surface area contributed by atoms with Crippen molar-refractivity contribution in [3.63, 3.8) is 0 Å². The van der Waals surface area contributed by atoms with Gasteiger partial charge < -0.3 is 19.1 Å². The Morgan fingerprint density at radius 1 is 1.00 bits per heavy atom. The first-order valence-corrected chi connectivity index (χ1v) is 11.9. The zero-order valence-corrected chi connectivity index (χ0v) is 19.5. The fraction of sp³-hybridized carbons (Fsp3) is 0.385. The largest absolute Gasteiger partial charge is 0.416 e. The highest BCUT2D eigenvalue weighted by molar-refractivity contribution is 5.75. The molecule has 1 aromatic heterocycles. The van der Waals surface area contributed by atoms with Gasteiger partial charge in [-0.05, 0) is 36.2 Å². The normalized spacial score (nSPS) is 21.0. The second-order valence-corrected chi connectivity index (χ2v) is 9.21. The molecule has 2 aliphatic heterocycles. The van der Waals surface area contributed by atoms with E-state index in [0.29, 0.717) is 57.1 Å². The summed E-state index contributed by atoms with van der Waals surface area (Å²) in [6, 6.07) is 11.1. The van der Waals surface area contributed by atoms with Gasteiger partial charge in [-0.2, -0.15) is 13.2 Å². The number of carbonyl (C=O) groups excluding carboxylic acids is 1. The number of morpholine rings is 1.